The maximum absolute atomic E-state index is 5.86. The van der Waals surface area contributed by atoms with Gasteiger partial charge >= 0.3 is 0 Å². The molecule has 0 aliphatic carbocycles. The fraction of sp³-hybridized carbons (Fsp3) is 0.250. The summed E-state index contributed by atoms with van der Waals surface area (Å²) in [5, 5.41) is 8.16. The van der Waals surface area contributed by atoms with Gasteiger partial charge in [0, 0.05) is 35.7 Å². The van der Waals surface area contributed by atoms with Gasteiger partial charge in [0.1, 0.15) is 0 Å². The van der Waals surface area contributed by atoms with Crippen LogP contribution in [0.15, 0.2) is 28.8 Å². The summed E-state index contributed by atoms with van der Waals surface area (Å²) >= 11 is 5.86. The fourth-order valence-corrected chi connectivity index (χ4v) is 2.10. The van der Waals surface area contributed by atoms with Crippen molar-refractivity contribution in [1.29, 1.82) is 0 Å². The summed E-state index contributed by atoms with van der Waals surface area (Å²) in [7, 11) is 0. The molecule has 17 heavy (non-hydrogen) atoms. The second kappa shape index (κ2) is 5.08. The van der Waals surface area contributed by atoms with Gasteiger partial charge in [-0.15, -0.1) is 12.4 Å². The van der Waals surface area contributed by atoms with Crippen LogP contribution in [0.3, 0.4) is 0 Å². The van der Waals surface area contributed by atoms with E-state index in [0.29, 0.717) is 0 Å². The zero-order valence-electron chi connectivity index (χ0n) is 9.07. The van der Waals surface area contributed by atoms with Crippen molar-refractivity contribution in [2.24, 2.45) is 0 Å². The molecule has 2 aromatic rings. The number of benzene rings is 1. The lowest BCUT2D eigenvalue weighted by atomic mass is 10.0. The van der Waals surface area contributed by atoms with Crippen molar-refractivity contribution in [3.63, 3.8) is 0 Å². The molecule has 1 aliphatic rings. The lowest BCUT2D eigenvalue weighted by Gasteiger charge is -2.11. The third kappa shape index (κ3) is 2.32. The van der Waals surface area contributed by atoms with Crippen molar-refractivity contribution in [2.45, 2.75) is 13.0 Å². The number of nitrogens with zero attached hydrogens (tertiary/aromatic N) is 1. The predicted molar refractivity (Wildman–Crippen MR) is 69.6 cm³/mol. The lowest BCUT2D eigenvalue weighted by Crippen LogP contribution is -2.23. The average molecular weight is 271 g/mol. The standard InChI is InChI=1S/C12H11ClN2O.ClH/c13-9-3-1-8(2-4-9)12-10-7-14-6-5-11(10)15-16-12;/h1-4,14H,5-7H2;1H. The Kier molecular flexibility index (Phi) is 3.72. The van der Waals surface area contributed by atoms with E-state index in [-0.39, 0.29) is 12.4 Å². The molecule has 3 rings (SSSR count). The van der Waals surface area contributed by atoms with E-state index in [1.165, 1.54) is 5.56 Å². The Morgan fingerprint density at radius 1 is 1.24 bits per heavy atom. The molecule has 1 N–H and O–H groups in total. The number of hydrogen-bond donors (Lipinski definition) is 1. The van der Waals surface area contributed by atoms with Crippen LogP contribution in [0, 0.1) is 0 Å². The van der Waals surface area contributed by atoms with Gasteiger partial charge in [-0.1, -0.05) is 16.8 Å². The van der Waals surface area contributed by atoms with Gasteiger partial charge in [0.05, 0.1) is 5.69 Å². The monoisotopic (exact) mass is 270 g/mol. The second-order valence-corrected chi connectivity index (χ2v) is 4.31. The van der Waals surface area contributed by atoms with Crippen molar-refractivity contribution in [2.75, 3.05) is 6.54 Å². The van der Waals surface area contributed by atoms with Crippen LogP contribution in [0.1, 0.15) is 11.3 Å². The number of rotatable bonds is 1. The average Bonchev–Trinajstić information content (AvgIpc) is 2.74. The van der Waals surface area contributed by atoms with Gasteiger partial charge in [-0.05, 0) is 24.3 Å². The smallest absolute Gasteiger partial charge is 0.171 e. The lowest BCUT2D eigenvalue weighted by molar-refractivity contribution is 0.423. The number of nitrogens with one attached hydrogen (secondary N) is 1. The van der Waals surface area contributed by atoms with E-state index in [1.54, 1.807) is 0 Å². The molecule has 0 saturated heterocycles. The van der Waals surface area contributed by atoms with Crippen molar-refractivity contribution >= 4 is 24.0 Å². The van der Waals surface area contributed by atoms with Crippen LogP contribution >= 0.6 is 24.0 Å². The fourth-order valence-electron chi connectivity index (χ4n) is 1.97. The summed E-state index contributed by atoms with van der Waals surface area (Å²) in [5.74, 6) is 0.860. The van der Waals surface area contributed by atoms with Crippen LogP contribution < -0.4 is 5.32 Å². The van der Waals surface area contributed by atoms with Gasteiger partial charge < -0.3 is 9.84 Å². The van der Waals surface area contributed by atoms with Gasteiger partial charge in [0.25, 0.3) is 0 Å². The molecule has 0 unspecified atom stereocenters. The maximum Gasteiger partial charge on any atom is 0.171 e. The predicted octanol–water partition coefficient (Wildman–Crippen LogP) is 3.06. The molecule has 90 valence electrons. The Labute approximate surface area is 111 Å². The minimum Gasteiger partial charge on any atom is -0.356 e. The zero-order valence-corrected chi connectivity index (χ0v) is 10.6. The summed E-state index contributed by atoms with van der Waals surface area (Å²) in [6, 6.07) is 7.64. The number of hydrogen-bond acceptors (Lipinski definition) is 3. The molecule has 0 saturated carbocycles. The van der Waals surface area contributed by atoms with Crippen molar-refractivity contribution < 1.29 is 4.52 Å². The number of aromatic nitrogens is 1. The molecular weight excluding hydrogens is 259 g/mol. The molecule has 1 aromatic heterocycles. The maximum atomic E-state index is 5.86. The molecule has 1 aromatic carbocycles. The Bertz CT molecular complexity index is 508. The van der Waals surface area contributed by atoms with Crippen LogP contribution in [0.4, 0.5) is 0 Å². The highest BCUT2D eigenvalue weighted by molar-refractivity contribution is 6.30. The Hall–Kier alpha value is -1.03. The van der Waals surface area contributed by atoms with E-state index in [1.807, 2.05) is 24.3 Å². The highest BCUT2D eigenvalue weighted by Crippen LogP contribution is 2.28. The van der Waals surface area contributed by atoms with Crippen molar-refractivity contribution in [3.05, 3.63) is 40.5 Å². The first kappa shape index (κ1) is 12.4. The molecule has 0 spiro atoms. The van der Waals surface area contributed by atoms with Gasteiger partial charge in [-0.3, -0.25) is 0 Å². The van der Waals surface area contributed by atoms with E-state index < -0.39 is 0 Å². The van der Waals surface area contributed by atoms with Crippen LogP contribution in [-0.2, 0) is 13.0 Å². The minimum atomic E-state index is 0. The van der Waals surface area contributed by atoms with Gasteiger partial charge in [-0.25, -0.2) is 0 Å². The molecule has 0 amide bonds. The number of halogens is 2. The third-order valence-corrected chi connectivity index (χ3v) is 3.07. The van der Waals surface area contributed by atoms with E-state index in [4.69, 9.17) is 16.1 Å². The molecule has 3 nitrogen and oxygen atoms in total. The zero-order chi connectivity index (χ0) is 11.0. The van der Waals surface area contributed by atoms with Crippen LogP contribution in [0.25, 0.3) is 11.3 Å². The Balaban J connectivity index is 0.00000108. The summed E-state index contributed by atoms with van der Waals surface area (Å²) in [6.45, 7) is 1.80. The highest BCUT2D eigenvalue weighted by Gasteiger charge is 2.19. The van der Waals surface area contributed by atoms with Gasteiger partial charge in [0.15, 0.2) is 5.76 Å². The van der Waals surface area contributed by atoms with Crippen molar-refractivity contribution in [1.82, 2.24) is 10.5 Å². The molecule has 1 aliphatic heterocycles. The van der Waals surface area contributed by atoms with E-state index >= 15 is 0 Å². The number of fused-ring (bicyclic) bond motifs is 1. The molecule has 0 bridgehead atoms. The Morgan fingerprint density at radius 2 is 2.00 bits per heavy atom. The normalized spacial score (nSPS) is 13.9. The summed E-state index contributed by atoms with van der Waals surface area (Å²) < 4.78 is 5.41. The van der Waals surface area contributed by atoms with Crippen molar-refractivity contribution in [3.8, 4) is 11.3 Å². The van der Waals surface area contributed by atoms with E-state index in [9.17, 15) is 0 Å². The largest absolute Gasteiger partial charge is 0.356 e. The van der Waals surface area contributed by atoms with E-state index in [0.717, 1.165) is 41.6 Å². The molecule has 5 heteroatoms. The highest BCUT2D eigenvalue weighted by atomic mass is 35.5. The quantitative estimate of drug-likeness (QED) is 0.866. The third-order valence-electron chi connectivity index (χ3n) is 2.82. The summed E-state index contributed by atoms with van der Waals surface area (Å²) in [6.07, 6.45) is 0.937. The summed E-state index contributed by atoms with van der Waals surface area (Å²) in [5.41, 5.74) is 3.28. The first-order valence-electron chi connectivity index (χ1n) is 5.28. The molecule has 0 radical (unpaired) electrons. The van der Waals surface area contributed by atoms with E-state index in [2.05, 4.69) is 10.5 Å². The first-order chi connectivity index (χ1) is 7.84. The molecular formula is C12H12Cl2N2O. The van der Waals surface area contributed by atoms with Crippen LogP contribution in [-0.4, -0.2) is 11.7 Å². The first-order valence-corrected chi connectivity index (χ1v) is 5.66. The summed E-state index contributed by atoms with van der Waals surface area (Å²) in [4.78, 5) is 0. The van der Waals surface area contributed by atoms with Gasteiger partial charge in [0.2, 0.25) is 0 Å². The molecule has 0 atom stereocenters. The van der Waals surface area contributed by atoms with Crippen LogP contribution in [0.5, 0.6) is 0 Å². The Morgan fingerprint density at radius 3 is 2.76 bits per heavy atom. The minimum absolute atomic E-state index is 0. The molecule has 0 fully saturated rings. The van der Waals surface area contributed by atoms with Gasteiger partial charge in [-0.2, -0.15) is 0 Å². The topological polar surface area (TPSA) is 38.1 Å². The second-order valence-electron chi connectivity index (χ2n) is 3.87. The van der Waals surface area contributed by atoms with Crippen LogP contribution in [0.2, 0.25) is 5.02 Å². The SMILES string of the molecule is Cl.Clc1ccc(-c2onc3c2CNCC3)cc1. The molecule has 2 heterocycles.